The van der Waals surface area contributed by atoms with Crippen molar-refractivity contribution in [2.75, 3.05) is 13.2 Å². The zero-order chi connectivity index (χ0) is 25.0. The highest BCUT2D eigenvalue weighted by Gasteiger charge is 2.44. The third-order valence-corrected chi connectivity index (χ3v) is 7.65. The normalized spacial score (nSPS) is 21.9. The van der Waals surface area contributed by atoms with Gasteiger partial charge in [0.05, 0.1) is 5.41 Å². The Kier molecular flexibility index (Phi) is 7.43. The first-order valence-electron chi connectivity index (χ1n) is 12.4. The maximum Gasteiger partial charge on any atom is 0.407 e. The molecule has 3 N–H and O–H groups in total. The first-order chi connectivity index (χ1) is 16.8. The molecule has 7 nitrogen and oxygen atoms in total. The van der Waals surface area contributed by atoms with Gasteiger partial charge in [-0.2, -0.15) is 0 Å². The van der Waals surface area contributed by atoms with E-state index in [-0.39, 0.29) is 30.4 Å². The van der Waals surface area contributed by atoms with E-state index in [9.17, 15) is 19.5 Å². The van der Waals surface area contributed by atoms with Crippen LogP contribution in [0.1, 0.15) is 63.0 Å². The average Bonchev–Trinajstić information content (AvgIpc) is 3.17. The average molecular weight is 479 g/mol. The Morgan fingerprint density at radius 2 is 1.69 bits per heavy atom. The monoisotopic (exact) mass is 478 g/mol. The van der Waals surface area contributed by atoms with Crippen molar-refractivity contribution in [1.29, 1.82) is 0 Å². The van der Waals surface area contributed by atoms with Gasteiger partial charge in [-0.3, -0.25) is 9.59 Å². The van der Waals surface area contributed by atoms with Crippen LogP contribution >= 0.6 is 0 Å². The fourth-order valence-electron chi connectivity index (χ4n) is 5.31. The Morgan fingerprint density at radius 3 is 2.31 bits per heavy atom. The van der Waals surface area contributed by atoms with Gasteiger partial charge in [-0.05, 0) is 48.4 Å². The SMILES string of the molecule is CC(CCNC(=O)OCC1c2ccccc2-c2ccccc21)C(=O)NC1CCCCC1(C)C(=O)O. The lowest BCUT2D eigenvalue weighted by atomic mass is 9.71. The molecule has 3 atom stereocenters. The van der Waals surface area contributed by atoms with Crippen LogP contribution in [0.3, 0.4) is 0 Å². The highest BCUT2D eigenvalue weighted by Crippen LogP contribution is 2.44. The van der Waals surface area contributed by atoms with Crippen molar-refractivity contribution in [1.82, 2.24) is 10.6 Å². The third-order valence-electron chi connectivity index (χ3n) is 7.65. The lowest BCUT2D eigenvalue weighted by Crippen LogP contribution is -2.53. The predicted molar refractivity (Wildman–Crippen MR) is 133 cm³/mol. The second-order valence-corrected chi connectivity index (χ2v) is 9.97. The number of ether oxygens (including phenoxy) is 1. The molecule has 1 saturated carbocycles. The first kappa shape index (κ1) is 24.8. The number of carbonyl (C=O) groups is 3. The summed E-state index contributed by atoms with van der Waals surface area (Å²) in [5.41, 5.74) is 3.72. The Hall–Kier alpha value is -3.35. The number of alkyl carbamates (subject to hydrolysis) is 1. The van der Waals surface area contributed by atoms with E-state index >= 15 is 0 Å². The van der Waals surface area contributed by atoms with Gasteiger partial charge in [-0.15, -0.1) is 0 Å². The van der Waals surface area contributed by atoms with Crippen molar-refractivity contribution in [3.05, 3.63) is 59.7 Å². The molecule has 0 radical (unpaired) electrons. The molecule has 0 bridgehead atoms. The number of carboxylic acid groups (broad SMARTS) is 1. The number of hydrogen-bond donors (Lipinski definition) is 3. The van der Waals surface area contributed by atoms with Crippen molar-refractivity contribution in [2.24, 2.45) is 11.3 Å². The Morgan fingerprint density at radius 1 is 1.06 bits per heavy atom. The standard InChI is InChI=1S/C28H34N2O5/c1-18(25(31)30-24-13-7-8-15-28(24,2)26(32)33)14-16-29-27(34)35-17-23-21-11-5-3-9-19(21)20-10-4-6-12-22(20)23/h3-6,9-12,18,23-24H,7-8,13-17H2,1-2H3,(H,29,34)(H,30,31)(H,32,33). The molecule has 2 amide bonds. The number of aliphatic carboxylic acids is 1. The van der Waals surface area contributed by atoms with Crippen LogP contribution in [-0.4, -0.2) is 42.3 Å². The second-order valence-electron chi connectivity index (χ2n) is 9.97. The van der Waals surface area contributed by atoms with Gasteiger partial charge in [0.25, 0.3) is 0 Å². The molecule has 186 valence electrons. The second kappa shape index (κ2) is 10.5. The summed E-state index contributed by atoms with van der Waals surface area (Å²) in [6.45, 7) is 4.04. The Labute approximate surface area is 206 Å². The quantitative estimate of drug-likeness (QED) is 0.510. The zero-order valence-electron chi connectivity index (χ0n) is 20.4. The highest BCUT2D eigenvalue weighted by atomic mass is 16.5. The van der Waals surface area contributed by atoms with E-state index in [2.05, 4.69) is 34.9 Å². The van der Waals surface area contributed by atoms with E-state index in [1.165, 1.54) is 11.1 Å². The van der Waals surface area contributed by atoms with Gasteiger partial charge in [0.15, 0.2) is 0 Å². The minimum absolute atomic E-state index is 0.00288. The number of carboxylic acids is 1. The van der Waals surface area contributed by atoms with Crippen LogP contribution in [0, 0.1) is 11.3 Å². The van der Waals surface area contributed by atoms with Crippen molar-refractivity contribution in [2.45, 2.75) is 57.9 Å². The van der Waals surface area contributed by atoms with Crippen molar-refractivity contribution < 1.29 is 24.2 Å². The largest absolute Gasteiger partial charge is 0.481 e. The van der Waals surface area contributed by atoms with Crippen LogP contribution in [-0.2, 0) is 14.3 Å². The number of hydrogen-bond acceptors (Lipinski definition) is 4. The molecule has 0 heterocycles. The van der Waals surface area contributed by atoms with Crippen LogP contribution in [0.5, 0.6) is 0 Å². The lowest BCUT2D eigenvalue weighted by Gasteiger charge is -2.38. The van der Waals surface area contributed by atoms with E-state index in [1.807, 2.05) is 24.3 Å². The van der Waals surface area contributed by atoms with E-state index in [0.717, 1.165) is 24.0 Å². The molecule has 2 aromatic rings. The molecule has 0 spiro atoms. The third kappa shape index (κ3) is 5.19. The minimum Gasteiger partial charge on any atom is -0.481 e. The predicted octanol–water partition coefficient (Wildman–Crippen LogP) is 4.70. The van der Waals surface area contributed by atoms with Crippen LogP contribution in [0.25, 0.3) is 11.1 Å². The van der Waals surface area contributed by atoms with Gasteiger partial charge in [0.1, 0.15) is 6.61 Å². The highest BCUT2D eigenvalue weighted by molar-refractivity contribution is 5.81. The summed E-state index contributed by atoms with van der Waals surface area (Å²) in [7, 11) is 0. The first-order valence-corrected chi connectivity index (χ1v) is 12.4. The molecular weight excluding hydrogens is 444 g/mol. The van der Waals surface area contributed by atoms with E-state index in [1.54, 1.807) is 13.8 Å². The number of rotatable bonds is 8. The molecule has 1 fully saturated rings. The molecule has 0 aromatic heterocycles. The number of nitrogens with one attached hydrogen (secondary N) is 2. The van der Waals surface area contributed by atoms with Gasteiger partial charge >= 0.3 is 12.1 Å². The van der Waals surface area contributed by atoms with E-state index in [4.69, 9.17) is 4.74 Å². The van der Waals surface area contributed by atoms with E-state index < -0.39 is 17.5 Å². The lowest BCUT2D eigenvalue weighted by molar-refractivity contribution is -0.152. The van der Waals surface area contributed by atoms with Crippen molar-refractivity contribution in [3.63, 3.8) is 0 Å². The maximum atomic E-state index is 12.7. The van der Waals surface area contributed by atoms with Crippen LogP contribution in [0.15, 0.2) is 48.5 Å². The Bertz CT molecular complexity index is 1050. The minimum atomic E-state index is -0.937. The van der Waals surface area contributed by atoms with Crippen LogP contribution in [0.2, 0.25) is 0 Å². The topological polar surface area (TPSA) is 105 Å². The smallest absolute Gasteiger partial charge is 0.407 e. The van der Waals surface area contributed by atoms with Crippen molar-refractivity contribution in [3.8, 4) is 11.1 Å². The molecular formula is C28H34N2O5. The summed E-state index contributed by atoms with van der Waals surface area (Å²) in [6, 6.07) is 16.0. The van der Waals surface area contributed by atoms with E-state index in [0.29, 0.717) is 25.8 Å². The number of amides is 2. The molecule has 35 heavy (non-hydrogen) atoms. The number of fused-ring (bicyclic) bond motifs is 3. The summed E-state index contributed by atoms with van der Waals surface area (Å²) in [6.07, 6.45) is 2.92. The number of carbonyl (C=O) groups excluding carboxylic acids is 2. The fourth-order valence-corrected chi connectivity index (χ4v) is 5.31. The maximum absolute atomic E-state index is 12.7. The Balaban J connectivity index is 1.24. The summed E-state index contributed by atoms with van der Waals surface area (Å²) in [5, 5.41) is 15.3. The molecule has 0 saturated heterocycles. The molecule has 2 aromatic carbocycles. The number of benzene rings is 2. The molecule has 2 aliphatic rings. The zero-order valence-corrected chi connectivity index (χ0v) is 20.4. The summed E-state index contributed by atoms with van der Waals surface area (Å²) in [4.78, 5) is 36.8. The summed E-state index contributed by atoms with van der Waals surface area (Å²) in [5.74, 6) is -1.41. The van der Waals surface area contributed by atoms with Crippen LogP contribution in [0.4, 0.5) is 4.79 Å². The van der Waals surface area contributed by atoms with Crippen LogP contribution < -0.4 is 10.6 Å². The summed E-state index contributed by atoms with van der Waals surface area (Å²) < 4.78 is 5.54. The van der Waals surface area contributed by atoms with Gasteiger partial charge in [0.2, 0.25) is 5.91 Å². The van der Waals surface area contributed by atoms with Gasteiger partial charge in [0, 0.05) is 24.4 Å². The summed E-state index contributed by atoms with van der Waals surface area (Å²) >= 11 is 0. The van der Waals surface area contributed by atoms with Gasteiger partial charge in [-0.25, -0.2) is 4.79 Å². The molecule has 3 unspecified atom stereocenters. The molecule has 4 rings (SSSR count). The molecule has 7 heteroatoms. The molecule has 2 aliphatic carbocycles. The van der Waals surface area contributed by atoms with Gasteiger partial charge in [-0.1, -0.05) is 68.3 Å². The fraction of sp³-hybridized carbons (Fsp3) is 0.464. The van der Waals surface area contributed by atoms with Gasteiger partial charge < -0.3 is 20.5 Å². The van der Waals surface area contributed by atoms with Crippen molar-refractivity contribution >= 4 is 18.0 Å². The molecule has 0 aliphatic heterocycles.